The van der Waals surface area contributed by atoms with Gasteiger partial charge in [-0.1, -0.05) is 12.1 Å². The molecular weight excluding hydrogens is 544 g/mol. The number of carbonyl (C=O) groups is 2. The minimum atomic E-state index is -4.67. The van der Waals surface area contributed by atoms with Crippen molar-refractivity contribution in [3.05, 3.63) is 39.5 Å². The molecule has 176 valence electrons. The molecule has 0 heterocycles. The second-order valence-electron chi connectivity index (χ2n) is 7.80. The molecule has 32 heavy (non-hydrogen) atoms. The third-order valence-electron chi connectivity index (χ3n) is 5.27. The molecule has 7 nitrogen and oxygen atoms in total. The summed E-state index contributed by atoms with van der Waals surface area (Å²) < 4.78 is 46.5. The molecule has 1 fully saturated rings. The molecule has 0 saturated heterocycles. The van der Waals surface area contributed by atoms with Crippen molar-refractivity contribution < 1.29 is 37.7 Å². The predicted octanol–water partition coefficient (Wildman–Crippen LogP) is 2.01. The number of ether oxygens (including phenoxy) is 1. The Morgan fingerprint density at radius 3 is 2.53 bits per heavy atom. The van der Waals surface area contributed by atoms with Gasteiger partial charge in [-0.3, -0.25) is 9.59 Å². The van der Waals surface area contributed by atoms with Gasteiger partial charge >= 0.3 is 6.18 Å². The molecule has 1 aromatic carbocycles. The van der Waals surface area contributed by atoms with Gasteiger partial charge in [0, 0.05) is 24.5 Å². The SMILES string of the molecule is O=C(NCCO)C1=C[C@H](Oc2ccccc2I)[C@@H](O)[C@H](N(CC(F)(F)F)C(=O)C2CC2)C1. The van der Waals surface area contributed by atoms with Crippen molar-refractivity contribution in [2.24, 2.45) is 5.92 Å². The molecule has 3 atom stereocenters. The maximum atomic E-state index is 13.3. The van der Waals surface area contributed by atoms with E-state index < -0.39 is 48.7 Å². The van der Waals surface area contributed by atoms with Gasteiger partial charge in [0.2, 0.25) is 11.8 Å². The monoisotopic (exact) mass is 568 g/mol. The van der Waals surface area contributed by atoms with Gasteiger partial charge in [0.05, 0.1) is 16.2 Å². The second kappa shape index (κ2) is 10.4. The van der Waals surface area contributed by atoms with E-state index in [1.54, 1.807) is 24.3 Å². The zero-order chi connectivity index (χ0) is 23.5. The highest BCUT2D eigenvalue weighted by atomic mass is 127. The van der Waals surface area contributed by atoms with Gasteiger partial charge < -0.3 is 25.2 Å². The normalized spacial score (nSPS) is 23.3. The number of para-hydroxylation sites is 1. The van der Waals surface area contributed by atoms with Gasteiger partial charge in [-0.05, 0) is 53.6 Å². The summed E-state index contributed by atoms with van der Waals surface area (Å²) in [6.07, 6.45) is -5.21. The first-order valence-corrected chi connectivity index (χ1v) is 11.2. The molecule has 0 aromatic heterocycles. The van der Waals surface area contributed by atoms with Crippen molar-refractivity contribution >= 4 is 34.4 Å². The third-order valence-corrected chi connectivity index (χ3v) is 6.16. The van der Waals surface area contributed by atoms with Crippen LogP contribution < -0.4 is 10.1 Å². The number of benzene rings is 1. The third kappa shape index (κ3) is 6.35. The average Bonchev–Trinajstić information content (AvgIpc) is 3.57. The van der Waals surface area contributed by atoms with Crippen LogP contribution in [0.4, 0.5) is 13.2 Å². The zero-order valence-electron chi connectivity index (χ0n) is 17.0. The molecule has 2 aliphatic rings. The number of carbonyl (C=O) groups excluding carboxylic acids is 2. The Morgan fingerprint density at radius 2 is 1.94 bits per heavy atom. The highest BCUT2D eigenvalue weighted by molar-refractivity contribution is 14.1. The largest absolute Gasteiger partial charge is 0.482 e. The average molecular weight is 568 g/mol. The summed E-state index contributed by atoms with van der Waals surface area (Å²) in [6.45, 7) is -1.88. The summed E-state index contributed by atoms with van der Waals surface area (Å²) in [5.41, 5.74) is 0.0838. The molecule has 0 unspecified atom stereocenters. The standard InChI is InChI=1S/C21H24F3IN2O5/c22-21(23,24)11-27(20(31)12-5-6-12)15-9-13(19(30)26-7-8-28)10-17(18(15)29)32-16-4-2-1-3-14(16)25/h1-4,10,12,15,17-18,28-29H,5-9,11H2,(H,26,30)/t15-,17+,18+/m1/s1. The summed E-state index contributed by atoms with van der Waals surface area (Å²) >= 11 is 2.02. The fourth-order valence-corrected chi connectivity index (χ4v) is 4.10. The second-order valence-corrected chi connectivity index (χ2v) is 8.96. The Hall–Kier alpha value is -1.86. The molecule has 2 amide bonds. The molecule has 1 saturated carbocycles. The van der Waals surface area contributed by atoms with Crippen LogP contribution in [0.3, 0.4) is 0 Å². The smallest absolute Gasteiger partial charge is 0.406 e. The molecule has 0 bridgehead atoms. The first kappa shape index (κ1) is 24.8. The lowest BCUT2D eigenvalue weighted by Gasteiger charge is -2.40. The molecule has 0 radical (unpaired) electrons. The van der Waals surface area contributed by atoms with Gasteiger partial charge in [0.15, 0.2) is 0 Å². The van der Waals surface area contributed by atoms with Crippen molar-refractivity contribution in [2.45, 2.75) is 43.7 Å². The van der Waals surface area contributed by atoms with Crippen LogP contribution in [0.2, 0.25) is 0 Å². The van der Waals surface area contributed by atoms with Gasteiger partial charge in [-0.25, -0.2) is 0 Å². The van der Waals surface area contributed by atoms with Crippen molar-refractivity contribution in [3.63, 3.8) is 0 Å². The summed E-state index contributed by atoms with van der Waals surface area (Å²) in [4.78, 5) is 25.9. The van der Waals surface area contributed by atoms with Crippen LogP contribution in [-0.4, -0.2) is 71.0 Å². The van der Waals surface area contributed by atoms with Crippen LogP contribution >= 0.6 is 22.6 Å². The van der Waals surface area contributed by atoms with E-state index in [0.29, 0.717) is 27.1 Å². The van der Waals surface area contributed by atoms with Crippen molar-refractivity contribution in [2.75, 3.05) is 19.7 Å². The van der Waals surface area contributed by atoms with Gasteiger partial charge in [-0.2, -0.15) is 13.2 Å². The maximum absolute atomic E-state index is 13.3. The minimum Gasteiger partial charge on any atom is -0.482 e. The number of aliphatic hydroxyl groups excluding tert-OH is 2. The first-order valence-electron chi connectivity index (χ1n) is 10.2. The van der Waals surface area contributed by atoms with E-state index in [2.05, 4.69) is 5.32 Å². The number of rotatable bonds is 8. The van der Waals surface area contributed by atoms with Crippen LogP contribution in [0.25, 0.3) is 0 Å². The molecular formula is C21H24F3IN2O5. The predicted molar refractivity (Wildman–Crippen MR) is 117 cm³/mol. The zero-order valence-corrected chi connectivity index (χ0v) is 19.2. The van der Waals surface area contributed by atoms with Gasteiger partial charge in [0.25, 0.3) is 0 Å². The number of nitrogens with one attached hydrogen (secondary N) is 1. The number of nitrogens with zero attached hydrogens (tertiary/aromatic N) is 1. The number of halogens is 4. The number of alkyl halides is 3. The van der Waals surface area contributed by atoms with E-state index in [4.69, 9.17) is 9.84 Å². The van der Waals surface area contributed by atoms with E-state index in [1.165, 1.54) is 6.08 Å². The quantitative estimate of drug-likeness (QED) is 0.417. The topological polar surface area (TPSA) is 99.1 Å². The molecule has 1 aromatic rings. The molecule has 0 aliphatic heterocycles. The Bertz CT molecular complexity index is 875. The van der Waals surface area contributed by atoms with E-state index in [0.717, 1.165) is 0 Å². The number of hydrogen-bond acceptors (Lipinski definition) is 5. The number of amides is 2. The lowest BCUT2D eigenvalue weighted by Crippen LogP contribution is -2.57. The maximum Gasteiger partial charge on any atom is 0.406 e. The summed E-state index contributed by atoms with van der Waals surface area (Å²) in [5.74, 6) is -1.40. The number of hydrogen-bond donors (Lipinski definition) is 3. The van der Waals surface area contributed by atoms with Crippen LogP contribution in [-0.2, 0) is 9.59 Å². The lowest BCUT2D eigenvalue weighted by atomic mass is 9.88. The molecule has 3 N–H and O–H groups in total. The van der Waals surface area contributed by atoms with Crippen LogP contribution in [0, 0.1) is 9.49 Å². The fourth-order valence-electron chi connectivity index (χ4n) is 3.58. The Balaban J connectivity index is 1.93. The lowest BCUT2D eigenvalue weighted by molar-refractivity contribution is -0.173. The van der Waals surface area contributed by atoms with Gasteiger partial charge in [0.1, 0.15) is 24.5 Å². The van der Waals surface area contributed by atoms with E-state index >= 15 is 0 Å². The summed E-state index contributed by atoms with van der Waals surface area (Å²) in [6, 6.07) is 5.58. The number of aliphatic hydroxyl groups is 2. The molecule has 11 heteroatoms. The van der Waals surface area contributed by atoms with Crippen LogP contribution in [0.15, 0.2) is 35.9 Å². The van der Waals surface area contributed by atoms with E-state index in [9.17, 15) is 27.9 Å². The Labute approximate surface area is 196 Å². The van der Waals surface area contributed by atoms with Gasteiger partial charge in [-0.15, -0.1) is 0 Å². The Kier molecular flexibility index (Phi) is 8.04. The van der Waals surface area contributed by atoms with E-state index in [-0.39, 0.29) is 25.1 Å². The summed E-state index contributed by atoms with van der Waals surface area (Å²) in [7, 11) is 0. The van der Waals surface area contributed by atoms with Crippen molar-refractivity contribution in [3.8, 4) is 5.75 Å². The highest BCUT2D eigenvalue weighted by Gasteiger charge is 2.47. The van der Waals surface area contributed by atoms with Crippen molar-refractivity contribution in [1.82, 2.24) is 10.2 Å². The highest BCUT2D eigenvalue weighted by Crippen LogP contribution is 2.36. The first-order chi connectivity index (χ1) is 15.1. The molecule has 3 rings (SSSR count). The molecule has 0 spiro atoms. The summed E-state index contributed by atoms with van der Waals surface area (Å²) in [5, 5.41) is 22.4. The van der Waals surface area contributed by atoms with Crippen LogP contribution in [0.5, 0.6) is 5.75 Å². The minimum absolute atomic E-state index is 0.0429. The fraction of sp³-hybridized carbons (Fsp3) is 0.524. The van der Waals surface area contributed by atoms with Crippen LogP contribution in [0.1, 0.15) is 19.3 Å². The van der Waals surface area contributed by atoms with Crippen molar-refractivity contribution in [1.29, 1.82) is 0 Å². The van der Waals surface area contributed by atoms with E-state index in [1.807, 2.05) is 22.6 Å². The molecule has 2 aliphatic carbocycles. The Morgan fingerprint density at radius 1 is 1.25 bits per heavy atom.